The minimum Gasteiger partial charge on any atom is -0.515 e. The summed E-state index contributed by atoms with van der Waals surface area (Å²) in [5.74, 6) is 0.157. The highest BCUT2D eigenvalue weighted by molar-refractivity contribution is 8.00. The molecule has 0 spiro atoms. The van der Waals surface area contributed by atoms with Crippen LogP contribution in [-0.2, 0) is 14.0 Å². The number of hydrogen-bond acceptors (Lipinski definition) is 5. The van der Waals surface area contributed by atoms with E-state index in [-0.39, 0.29) is 17.3 Å². The number of amides is 1. The summed E-state index contributed by atoms with van der Waals surface area (Å²) in [4.78, 5) is 25.5. The molecule has 2 unspecified atom stereocenters. The van der Waals surface area contributed by atoms with Crippen LogP contribution in [0.2, 0.25) is 19.6 Å². The van der Waals surface area contributed by atoms with Crippen LogP contribution in [-0.4, -0.2) is 42.3 Å². The molecule has 2 atom stereocenters. The van der Waals surface area contributed by atoms with Crippen molar-refractivity contribution in [2.75, 3.05) is 5.75 Å². The lowest BCUT2D eigenvalue weighted by Crippen LogP contribution is -2.68. The van der Waals surface area contributed by atoms with Gasteiger partial charge in [-0.1, -0.05) is 0 Å². The zero-order valence-electron chi connectivity index (χ0n) is 11.0. The van der Waals surface area contributed by atoms with E-state index in [2.05, 4.69) is 0 Å². The van der Waals surface area contributed by atoms with Crippen molar-refractivity contribution in [3.8, 4) is 0 Å². The Morgan fingerprint density at radius 3 is 2.67 bits per heavy atom. The van der Waals surface area contributed by atoms with Gasteiger partial charge in [0.25, 0.3) is 0 Å². The molecular weight excluding hydrogens is 268 g/mol. The molecule has 7 heteroatoms. The predicted octanol–water partition coefficient (Wildman–Crippen LogP) is 0.881. The Morgan fingerprint density at radius 2 is 2.11 bits per heavy atom. The lowest BCUT2D eigenvalue weighted by molar-refractivity contribution is -0.147. The molecule has 0 bridgehead atoms. The third-order valence-electron chi connectivity index (χ3n) is 2.79. The van der Waals surface area contributed by atoms with Gasteiger partial charge < -0.3 is 10.2 Å². The molecule has 5 nitrogen and oxygen atoms in total. The van der Waals surface area contributed by atoms with Crippen molar-refractivity contribution in [2.24, 2.45) is 5.73 Å². The highest BCUT2D eigenvalue weighted by atomic mass is 32.2. The van der Waals surface area contributed by atoms with Gasteiger partial charge in [0.1, 0.15) is 17.1 Å². The monoisotopic (exact) mass is 286 g/mol. The molecule has 1 amide bonds. The molecule has 0 aliphatic carbocycles. The first-order chi connectivity index (χ1) is 8.22. The lowest BCUT2D eigenvalue weighted by Gasteiger charge is -2.48. The normalized spacial score (nSPS) is 27.8. The highest BCUT2D eigenvalue weighted by Crippen LogP contribution is 2.39. The Morgan fingerprint density at radius 1 is 1.50 bits per heavy atom. The van der Waals surface area contributed by atoms with Crippen LogP contribution >= 0.6 is 11.8 Å². The number of β-lactam (4-membered cyclic amide) rings is 1. The smallest absolute Gasteiger partial charge is 0.341 e. The Labute approximate surface area is 112 Å². The third kappa shape index (κ3) is 2.22. The highest BCUT2D eigenvalue weighted by Gasteiger charge is 2.51. The average molecular weight is 286 g/mol. The summed E-state index contributed by atoms with van der Waals surface area (Å²) >= 11 is 1.60. The maximum absolute atomic E-state index is 12.2. The van der Waals surface area contributed by atoms with Gasteiger partial charge in [-0.3, -0.25) is 9.69 Å². The van der Waals surface area contributed by atoms with Crippen LogP contribution in [0.5, 0.6) is 0 Å². The number of nitrogens with zero attached hydrogens (tertiary/aromatic N) is 1. The summed E-state index contributed by atoms with van der Waals surface area (Å²) in [6, 6.07) is -0.488. The molecule has 2 rings (SSSR count). The Balaban J connectivity index is 2.25. The zero-order chi connectivity index (χ0) is 13.7. The average Bonchev–Trinajstić information content (AvgIpc) is 2.25. The molecule has 2 N–H and O–H groups in total. The largest absolute Gasteiger partial charge is 0.515 e. The minimum atomic E-state index is -1.96. The number of thioether (sulfide) groups is 1. The first-order valence-corrected chi connectivity index (χ1v) is 10.3. The van der Waals surface area contributed by atoms with Gasteiger partial charge in [0.05, 0.1) is 0 Å². The second-order valence-electron chi connectivity index (χ2n) is 5.57. The molecule has 1 saturated heterocycles. The van der Waals surface area contributed by atoms with E-state index in [0.717, 1.165) is 11.3 Å². The maximum Gasteiger partial charge on any atom is 0.341 e. The molecular formula is C11H18N2O3SSi. The van der Waals surface area contributed by atoms with Crippen molar-refractivity contribution in [2.45, 2.75) is 38.0 Å². The molecule has 0 radical (unpaired) electrons. The molecule has 18 heavy (non-hydrogen) atoms. The molecule has 1 fully saturated rings. The molecule has 0 aromatic rings. The molecule has 0 aromatic heterocycles. The molecule has 2 aliphatic rings. The second-order valence-corrected chi connectivity index (χ2v) is 11.1. The van der Waals surface area contributed by atoms with Gasteiger partial charge in [-0.25, -0.2) is 4.79 Å². The van der Waals surface area contributed by atoms with Crippen molar-refractivity contribution >= 4 is 32.0 Å². The number of rotatable bonds is 2. The van der Waals surface area contributed by atoms with Crippen LogP contribution in [0.25, 0.3) is 0 Å². The van der Waals surface area contributed by atoms with Gasteiger partial charge in [0.2, 0.25) is 14.2 Å². The third-order valence-corrected chi connectivity index (χ3v) is 5.04. The molecule has 0 saturated carbocycles. The summed E-state index contributed by atoms with van der Waals surface area (Å²) in [5, 5.41) is -0.106. The number of carbonyl (C=O) groups is 2. The van der Waals surface area contributed by atoms with Crippen LogP contribution in [0.4, 0.5) is 0 Å². The zero-order valence-corrected chi connectivity index (χ0v) is 12.8. The van der Waals surface area contributed by atoms with E-state index < -0.39 is 14.4 Å². The number of hydrogen-bond donors (Lipinski definition) is 1. The van der Waals surface area contributed by atoms with Crippen LogP contribution in [0, 0.1) is 0 Å². The molecule has 0 aromatic carbocycles. The quantitative estimate of drug-likeness (QED) is 0.602. The van der Waals surface area contributed by atoms with E-state index in [9.17, 15) is 9.59 Å². The van der Waals surface area contributed by atoms with Crippen molar-refractivity contribution in [3.05, 3.63) is 11.3 Å². The van der Waals surface area contributed by atoms with Crippen molar-refractivity contribution < 1.29 is 14.0 Å². The Bertz CT molecular complexity index is 444. The summed E-state index contributed by atoms with van der Waals surface area (Å²) in [5.41, 5.74) is 7.03. The van der Waals surface area contributed by atoms with Crippen LogP contribution in [0.3, 0.4) is 0 Å². The summed E-state index contributed by atoms with van der Waals surface area (Å²) in [7, 11) is -1.96. The van der Waals surface area contributed by atoms with Crippen molar-refractivity contribution in [1.82, 2.24) is 4.90 Å². The predicted molar refractivity (Wildman–Crippen MR) is 73.2 cm³/mol. The minimum absolute atomic E-state index is 0.106. The van der Waals surface area contributed by atoms with E-state index in [4.69, 9.17) is 10.2 Å². The fraction of sp³-hybridized carbons (Fsp3) is 0.636. The van der Waals surface area contributed by atoms with Gasteiger partial charge in [-0.05, 0) is 32.1 Å². The van der Waals surface area contributed by atoms with Crippen LogP contribution in [0.1, 0.15) is 6.92 Å². The SMILES string of the molecule is CC1=C(C(=O)O[Si](C)(C)C)N2C(=O)C(N)C2SC1. The van der Waals surface area contributed by atoms with Crippen molar-refractivity contribution in [1.29, 1.82) is 0 Å². The fourth-order valence-electron chi connectivity index (χ4n) is 1.99. The van der Waals surface area contributed by atoms with Gasteiger partial charge in [0.15, 0.2) is 0 Å². The standard InChI is InChI=1S/C11H18N2O3SSi/c1-6-5-17-10-7(12)9(14)13(10)8(6)11(15)16-18(2,3)4/h7,10H,5,12H2,1-4H3. The summed E-state index contributed by atoms with van der Waals surface area (Å²) in [6.07, 6.45) is 0. The van der Waals surface area contributed by atoms with Gasteiger partial charge >= 0.3 is 5.97 Å². The van der Waals surface area contributed by atoms with Crippen LogP contribution in [0.15, 0.2) is 11.3 Å². The summed E-state index contributed by atoms with van der Waals surface area (Å²) < 4.78 is 5.48. The first-order valence-electron chi connectivity index (χ1n) is 5.86. The molecule has 100 valence electrons. The fourth-order valence-corrected chi connectivity index (χ4v) is 3.88. The van der Waals surface area contributed by atoms with Crippen LogP contribution < -0.4 is 5.73 Å². The lowest BCUT2D eigenvalue weighted by atomic mass is 10.0. The number of nitrogens with two attached hydrogens (primary N) is 1. The Hall–Kier alpha value is -0.793. The van der Waals surface area contributed by atoms with E-state index in [0.29, 0.717) is 5.70 Å². The first kappa shape index (κ1) is 13.6. The van der Waals surface area contributed by atoms with E-state index in [1.54, 1.807) is 11.8 Å². The Kier molecular flexibility index (Phi) is 3.33. The topological polar surface area (TPSA) is 72.6 Å². The van der Waals surface area contributed by atoms with E-state index in [1.165, 1.54) is 4.90 Å². The number of fused-ring (bicyclic) bond motifs is 1. The van der Waals surface area contributed by atoms with E-state index >= 15 is 0 Å². The maximum atomic E-state index is 12.2. The summed E-state index contributed by atoms with van der Waals surface area (Å²) in [6.45, 7) is 7.69. The number of carbonyl (C=O) groups excluding carboxylic acids is 2. The van der Waals surface area contributed by atoms with Gasteiger partial charge in [0, 0.05) is 5.75 Å². The van der Waals surface area contributed by atoms with Crippen molar-refractivity contribution in [3.63, 3.8) is 0 Å². The second kappa shape index (κ2) is 4.39. The van der Waals surface area contributed by atoms with Gasteiger partial charge in [-0.15, -0.1) is 11.8 Å². The van der Waals surface area contributed by atoms with Gasteiger partial charge in [-0.2, -0.15) is 0 Å². The van der Waals surface area contributed by atoms with E-state index in [1.807, 2.05) is 26.6 Å². The molecule has 2 aliphatic heterocycles. The molecule has 2 heterocycles.